The van der Waals surface area contributed by atoms with E-state index in [0.29, 0.717) is 10.1 Å². The molecule has 0 radical (unpaired) electrons. The highest BCUT2D eigenvalue weighted by Gasteiger charge is 2.36. The van der Waals surface area contributed by atoms with Crippen LogP contribution in [0.15, 0.2) is 65.1 Å². The summed E-state index contributed by atoms with van der Waals surface area (Å²) in [6.45, 7) is 0. The highest BCUT2D eigenvalue weighted by Crippen LogP contribution is 2.35. The zero-order chi connectivity index (χ0) is 23.8. The predicted octanol–water partition coefficient (Wildman–Crippen LogP) is 5.22. The molecule has 0 unspecified atom stereocenters. The topological polar surface area (TPSA) is 85.6 Å². The monoisotopic (exact) mass is 518 g/mol. The SMILES string of the molecule is COC(=O)c1ccccc1NC(=O)c1nn2c(C(F)(F)F)cc(-c3ccccc3)nc2c1Br. The zero-order valence-electron chi connectivity index (χ0n) is 16.9. The van der Waals surface area contributed by atoms with E-state index < -0.39 is 23.7 Å². The molecule has 4 rings (SSSR count). The third kappa shape index (κ3) is 4.31. The fraction of sp³-hybridized carbons (Fsp3) is 0.0909. The summed E-state index contributed by atoms with van der Waals surface area (Å²) in [5.74, 6) is -1.52. The molecular weight excluding hydrogens is 505 g/mol. The van der Waals surface area contributed by atoms with Gasteiger partial charge in [-0.2, -0.15) is 18.3 Å². The number of hydrogen-bond acceptors (Lipinski definition) is 5. The summed E-state index contributed by atoms with van der Waals surface area (Å²) in [4.78, 5) is 29.1. The van der Waals surface area contributed by atoms with Gasteiger partial charge < -0.3 is 10.1 Å². The van der Waals surface area contributed by atoms with Crippen LogP contribution in [-0.4, -0.2) is 33.6 Å². The van der Waals surface area contributed by atoms with Gasteiger partial charge in [0, 0.05) is 5.56 Å². The van der Waals surface area contributed by atoms with Gasteiger partial charge in [0.2, 0.25) is 0 Å². The molecule has 33 heavy (non-hydrogen) atoms. The number of ether oxygens (including phenoxy) is 1. The van der Waals surface area contributed by atoms with Crippen LogP contribution in [0.4, 0.5) is 18.9 Å². The number of benzene rings is 2. The van der Waals surface area contributed by atoms with Crippen molar-refractivity contribution < 1.29 is 27.5 Å². The first-order valence-corrected chi connectivity index (χ1v) is 10.2. The van der Waals surface area contributed by atoms with Gasteiger partial charge in [-0.3, -0.25) is 4.79 Å². The number of nitrogens with one attached hydrogen (secondary N) is 1. The number of aromatic nitrogens is 3. The maximum atomic E-state index is 13.8. The molecule has 0 saturated heterocycles. The van der Waals surface area contributed by atoms with Crippen molar-refractivity contribution >= 4 is 39.1 Å². The maximum Gasteiger partial charge on any atom is 0.433 e. The molecule has 0 bridgehead atoms. The van der Waals surface area contributed by atoms with Crippen molar-refractivity contribution in [3.63, 3.8) is 0 Å². The summed E-state index contributed by atoms with van der Waals surface area (Å²) in [7, 11) is 1.19. The van der Waals surface area contributed by atoms with E-state index in [1.54, 1.807) is 42.5 Å². The molecule has 0 spiro atoms. The fourth-order valence-corrected chi connectivity index (χ4v) is 3.67. The number of anilines is 1. The maximum absolute atomic E-state index is 13.8. The Morgan fingerprint density at radius 1 is 1.06 bits per heavy atom. The van der Waals surface area contributed by atoms with Crippen LogP contribution in [-0.2, 0) is 10.9 Å². The lowest BCUT2D eigenvalue weighted by Gasteiger charge is -2.11. The Kier molecular flexibility index (Phi) is 5.90. The summed E-state index contributed by atoms with van der Waals surface area (Å²) in [5.41, 5.74) is -0.884. The second-order valence-corrected chi connectivity index (χ2v) is 7.57. The average Bonchev–Trinajstić information content (AvgIpc) is 3.14. The van der Waals surface area contributed by atoms with Crippen molar-refractivity contribution in [1.29, 1.82) is 0 Å². The Morgan fingerprint density at radius 3 is 2.39 bits per heavy atom. The highest BCUT2D eigenvalue weighted by molar-refractivity contribution is 9.10. The standard InChI is InChI=1S/C22H14BrF3N4O3/c1-33-21(32)13-9-5-6-10-14(13)28-20(31)18-17(23)19-27-15(12-7-3-2-4-8-12)11-16(22(24,25)26)30(19)29-18/h2-11H,1H3,(H,28,31). The van der Waals surface area contributed by atoms with Crippen LogP contribution in [0, 0.1) is 0 Å². The van der Waals surface area contributed by atoms with E-state index in [2.05, 4.69) is 31.3 Å². The number of carbonyl (C=O) groups is 2. The van der Waals surface area contributed by atoms with E-state index in [9.17, 15) is 22.8 Å². The van der Waals surface area contributed by atoms with E-state index in [4.69, 9.17) is 4.74 Å². The molecular formula is C22H14BrF3N4O3. The zero-order valence-corrected chi connectivity index (χ0v) is 18.4. The van der Waals surface area contributed by atoms with E-state index in [1.807, 2.05) is 0 Å². The molecule has 1 amide bonds. The Hall–Kier alpha value is -3.73. The van der Waals surface area contributed by atoms with Crippen molar-refractivity contribution in [2.45, 2.75) is 6.18 Å². The average molecular weight is 519 g/mol. The van der Waals surface area contributed by atoms with Gasteiger partial charge in [-0.1, -0.05) is 42.5 Å². The summed E-state index contributed by atoms with van der Waals surface area (Å²) < 4.78 is 46.7. The largest absolute Gasteiger partial charge is 0.465 e. The van der Waals surface area contributed by atoms with Gasteiger partial charge in [-0.25, -0.2) is 14.3 Å². The molecule has 2 heterocycles. The van der Waals surface area contributed by atoms with E-state index >= 15 is 0 Å². The number of hydrogen-bond donors (Lipinski definition) is 1. The molecule has 4 aromatic rings. The minimum atomic E-state index is -4.76. The lowest BCUT2D eigenvalue weighted by atomic mass is 10.1. The van der Waals surface area contributed by atoms with Gasteiger partial charge in [0.25, 0.3) is 5.91 Å². The first-order valence-electron chi connectivity index (χ1n) is 9.41. The Bertz CT molecular complexity index is 1370. The second kappa shape index (κ2) is 8.66. The number of carbonyl (C=O) groups excluding carboxylic acids is 2. The van der Waals surface area contributed by atoms with E-state index in [-0.39, 0.29) is 32.8 Å². The number of nitrogens with zero attached hydrogens (tertiary/aromatic N) is 3. The smallest absolute Gasteiger partial charge is 0.433 e. The van der Waals surface area contributed by atoms with Gasteiger partial charge in [0.15, 0.2) is 17.0 Å². The van der Waals surface area contributed by atoms with Gasteiger partial charge >= 0.3 is 12.1 Å². The number of halogens is 4. The number of alkyl halides is 3. The molecule has 168 valence electrons. The normalized spacial score (nSPS) is 11.4. The first kappa shape index (κ1) is 22.5. The van der Waals surface area contributed by atoms with E-state index in [0.717, 1.165) is 6.07 Å². The summed E-state index contributed by atoms with van der Waals surface area (Å²) in [6, 6.07) is 15.3. The van der Waals surface area contributed by atoms with Crippen LogP contribution in [0.5, 0.6) is 0 Å². The number of rotatable bonds is 4. The number of esters is 1. The molecule has 2 aromatic heterocycles. The van der Waals surface area contributed by atoms with Gasteiger partial charge in [-0.15, -0.1) is 0 Å². The third-order valence-electron chi connectivity index (χ3n) is 4.69. The van der Waals surface area contributed by atoms with Crippen LogP contribution in [0.3, 0.4) is 0 Å². The Morgan fingerprint density at radius 2 is 1.73 bits per heavy atom. The van der Waals surface area contributed by atoms with Crippen molar-refractivity contribution in [3.8, 4) is 11.3 Å². The van der Waals surface area contributed by atoms with Crippen LogP contribution in [0.1, 0.15) is 26.5 Å². The quantitative estimate of drug-likeness (QED) is 0.374. The van der Waals surface area contributed by atoms with Crippen LogP contribution in [0.25, 0.3) is 16.9 Å². The highest BCUT2D eigenvalue weighted by atomic mass is 79.9. The molecule has 11 heteroatoms. The molecule has 7 nitrogen and oxygen atoms in total. The van der Waals surface area contributed by atoms with Crippen LogP contribution < -0.4 is 5.32 Å². The molecule has 0 fully saturated rings. The van der Waals surface area contributed by atoms with Crippen molar-refractivity contribution in [1.82, 2.24) is 14.6 Å². The van der Waals surface area contributed by atoms with Crippen molar-refractivity contribution in [2.24, 2.45) is 0 Å². The lowest BCUT2D eigenvalue weighted by molar-refractivity contribution is -0.142. The molecule has 0 atom stereocenters. The first-order chi connectivity index (χ1) is 15.7. The minimum absolute atomic E-state index is 0.0289. The third-order valence-corrected chi connectivity index (χ3v) is 5.42. The Balaban J connectivity index is 1.83. The molecule has 0 aliphatic rings. The lowest BCUT2D eigenvalue weighted by Crippen LogP contribution is -2.17. The molecule has 0 aliphatic heterocycles. The molecule has 1 N–H and O–H groups in total. The van der Waals surface area contributed by atoms with Gasteiger partial charge in [0.1, 0.15) is 0 Å². The molecule has 2 aromatic carbocycles. The van der Waals surface area contributed by atoms with Gasteiger partial charge in [0.05, 0.1) is 28.5 Å². The second-order valence-electron chi connectivity index (χ2n) is 6.78. The van der Waals surface area contributed by atoms with E-state index in [1.165, 1.54) is 19.2 Å². The minimum Gasteiger partial charge on any atom is -0.465 e. The predicted molar refractivity (Wildman–Crippen MR) is 117 cm³/mol. The van der Waals surface area contributed by atoms with Gasteiger partial charge in [-0.05, 0) is 34.1 Å². The number of amides is 1. The fourth-order valence-electron chi connectivity index (χ4n) is 3.16. The molecule has 0 aliphatic carbocycles. The Labute approximate surface area is 193 Å². The van der Waals surface area contributed by atoms with Crippen molar-refractivity contribution in [3.05, 3.63) is 82.1 Å². The molecule has 0 saturated carbocycles. The summed E-state index contributed by atoms with van der Waals surface area (Å²) >= 11 is 3.17. The summed E-state index contributed by atoms with van der Waals surface area (Å²) in [5, 5.41) is 6.36. The van der Waals surface area contributed by atoms with Crippen molar-refractivity contribution in [2.75, 3.05) is 12.4 Å². The summed E-state index contributed by atoms with van der Waals surface area (Å²) in [6.07, 6.45) is -4.76. The number of fused-ring (bicyclic) bond motifs is 1. The number of methoxy groups -OCH3 is 1. The van der Waals surface area contributed by atoms with Crippen LogP contribution in [0.2, 0.25) is 0 Å². The van der Waals surface area contributed by atoms with Crippen LogP contribution >= 0.6 is 15.9 Å². The number of para-hydroxylation sites is 1.